The monoisotopic (exact) mass is 244 g/mol. The number of rotatable bonds is 3. The van der Waals surface area contributed by atoms with E-state index in [0.29, 0.717) is 0 Å². The van der Waals surface area contributed by atoms with Crippen molar-refractivity contribution < 1.29 is 0 Å². The Morgan fingerprint density at radius 1 is 1.17 bits per heavy atom. The third-order valence-corrected chi connectivity index (χ3v) is 3.55. The van der Waals surface area contributed by atoms with Crippen LogP contribution in [0.15, 0.2) is 29.3 Å². The zero-order chi connectivity index (χ0) is 12.2. The van der Waals surface area contributed by atoms with Gasteiger partial charge in [-0.15, -0.1) is 0 Å². The van der Waals surface area contributed by atoms with E-state index in [1.807, 2.05) is 6.34 Å². The van der Waals surface area contributed by atoms with Crippen LogP contribution in [0.2, 0.25) is 0 Å². The molecule has 4 nitrogen and oxygen atoms in total. The largest absolute Gasteiger partial charge is 0.331 e. The summed E-state index contributed by atoms with van der Waals surface area (Å²) in [6.45, 7) is 7.50. The van der Waals surface area contributed by atoms with Gasteiger partial charge in [-0.05, 0) is 17.7 Å². The molecule has 1 N–H and O–H groups in total. The van der Waals surface area contributed by atoms with E-state index in [1.54, 1.807) is 0 Å². The molecule has 2 aliphatic heterocycles. The lowest BCUT2D eigenvalue weighted by atomic mass is 10.1. The van der Waals surface area contributed by atoms with E-state index in [2.05, 4.69) is 44.4 Å². The van der Waals surface area contributed by atoms with Gasteiger partial charge in [0.25, 0.3) is 0 Å². The van der Waals surface area contributed by atoms with Gasteiger partial charge < -0.3 is 10.2 Å². The van der Waals surface area contributed by atoms with Crippen molar-refractivity contribution in [2.24, 2.45) is 4.99 Å². The Labute approximate surface area is 108 Å². The van der Waals surface area contributed by atoms with Crippen LogP contribution in [0.3, 0.4) is 0 Å². The van der Waals surface area contributed by atoms with Gasteiger partial charge >= 0.3 is 0 Å². The molecule has 1 saturated heterocycles. The molecule has 4 heteroatoms. The van der Waals surface area contributed by atoms with Crippen LogP contribution < -0.4 is 10.2 Å². The van der Waals surface area contributed by atoms with Crippen molar-refractivity contribution in [2.75, 3.05) is 44.2 Å². The molecule has 2 heterocycles. The molecule has 0 bridgehead atoms. The molecule has 0 spiro atoms. The molecule has 18 heavy (non-hydrogen) atoms. The Bertz CT molecular complexity index is 424. The number of hydrogen-bond donors (Lipinski definition) is 1. The van der Waals surface area contributed by atoms with Crippen LogP contribution in [-0.2, 0) is 6.54 Å². The minimum Gasteiger partial charge on any atom is -0.331 e. The summed E-state index contributed by atoms with van der Waals surface area (Å²) in [5.41, 5.74) is 2.67. The van der Waals surface area contributed by atoms with Gasteiger partial charge in [0.15, 0.2) is 0 Å². The number of nitrogens with one attached hydrogen (secondary N) is 1. The predicted molar refractivity (Wildman–Crippen MR) is 75.3 cm³/mol. The third kappa shape index (κ3) is 2.71. The average molecular weight is 244 g/mol. The van der Waals surface area contributed by atoms with Crippen LogP contribution in [0, 0.1) is 0 Å². The van der Waals surface area contributed by atoms with Gasteiger partial charge in [0.05, 0.1) is 12.9 Å². The van der Waals surface area contributed by atoms with E-state index in [1.165, 1.54) is 11.3 Å². The summed E-state index contributed by atoms with van der Waals surface area (Å²) >= 11 is 0. The Hall–Kier alpha value is -1.39. The number of hydrogen-bond acceptors (Lipinski definition) is 4. The maximum Gasteiger partial charge on any atom is 0.0895 e. The second-order valence-electron chi connectivity index (χ2n) is 4.91. The molecule has 1 aromatic rings. The van der Waals surface area contributed by atoms with E-state index in [9.17, 15) is 0 Å². The van der Waals surface area contributed by atoms with Crippen LogP contribution in [-0.4, -0.2) is 50.5 Å². The smallest absolute Gasteiger partial charge is 0.0895 e. The predicted octanol–water partition coefficient (Wildman–Crippen LogP) is 0.940. The number of nitrogens with zero attached hydrogens (tertiary/aromatic N) is 3. The van der Waals surface area contributed by atoms with Crippen molar-refractivity contribution >= 4 is 12.0 Å². The summed E-state index contributed by atoms with van der Waals surface area (Å²) in [5, 5.41) is 3.39. The highest BCUT2D eigenvalue weighted by Gasteiger charge is 2.12. The van der Waals surface area contributed by atoms with Crippen molar-refractivity contribution in [3.05, 3.63) is 29.8 Å². The molecule has 96 valence electrons. The number of piperazine rings is 1. The van der Waals surface area contributed by atoms with Crippen LogP contribution in [0.1, 0.15) is 5.56 Å². The first-order valence-electron chi connectivity index (χ1n) is 6.70. The molecule has 0 radical (unpaired) electrons. The van der Waals surface area contributed by atoms with Crippen molar-refractivity contribution in [3.8, 4) is 0 Å². The van der Waals surface area contributed by atoms with Crippen molar-refractivity contribution in [1.29, 1.82) is 0 Å². The van der Waals surface area contributed by atoms with E-state index in [0.717, 1.165) is 45.8 Å². The van der Waals surface area contributed by atoms with Crippen LogP contribution in [0.4, 0.5) is 5.69 Å². The van der Waals surface area contributed by atoms with E-state index >= 15 is 0 Å². The fourth-order valence-corrected chi connectivity index (χ4v) is 2.54. The maximum absolute atomic E-state index is 4.27. The Morgan fingerprint density at radius 3 is 2.83 bits per heavy atom. The molecule has 0 unspecified atom stereocenters. The normalized spacial score (nSPS) is 20.6. The van der Waals surface area contributed by atoms with Gasteiger partial charge in [-0.2, -0.15) is 0 Å². The molecular weight excluding hydrogens is 224 g/mol. The first-order valence-corrected chi connectivity index (χ1v) is 6.70. The zero-order valence-electron chi connectivity index (χ0n) is 10.7. The van der Waals surface area contributed by atoms with Crippen molar-refractivity contribution in [3.63, 3.8) is 0 Å². The Balaban J connectivity index is 1.68. The van der Waals surface area contributed by atoms with E-state index in [4.69, 9.17) is 0 Å². The Morgan fingerprint density at radius 2 is 2.06 bits per heavy atom. The molecule has 0 aliphatic carbocycles. The van der Waals surface area contributed by atoms with Crippen LogP contribution >= 0.6 is 0 Å². The first kappa shape index (κ1) is 11.7. The van der Waals surface area contributed by atoms with Gasteiger partial charge in [0, 0.05) is 45.0 Å². The molecule has 0 atom stereocenters. The van der Waals surface area contributed by atoms with Gasteiger partial charge in [0.2, 0.25) is 0 Å². The lowest BCUT2D eigenvalue weighted by Gasteiger charge is -2.27. The summed E-state index contributed by atoms with van der Waals surface area (Å²) in [7, 11) is 0. The summed E-state index contributed by atoms with van der Waals surface area (Å²) in [6.07, 6.45) is 1.95. The lowest BCUT2D eigenvalue weighted by molar-refractivity contribution is 0.233. The zero-order valence-corrected chi connectivity index (χ0v) is 10.7. The molecule has 0 amide bonds. The fourth-order valence-electron chi connectivity index (χ4n) is 2.54. The van der Waals surface area contributed by atoms with E-state index in [-0.39, 0.29) is 0 Å². The average Bonchev–Trinajstić information content (AvgIpc) is 2.94. The number of aliphatic imine (C=N–C) groups is 1. The maximum atomic E-state index is 4.27. The fraction of sp³-hybridized carbons (Fsp3) is 0.500. The summed E-state index contributed by atoms with van der Waals surface area (Å²) < 4.78 is 0. The molecule has 1 aromatic carbocycles. The Kier molecular flexibility index (Phi) is 3.57. The summed E-state index contributed by atoms with van der Waals surface area (Å²) in [4.78, 5) is 9.00. The number of anilines is 1. The van der Waals surface area contributed by atoms with Crippen LogP contribution in [0.5, 0.6) is 0 Å². The molecule has 2 aliphatic rings. The quantitative estimate of drug-likeness (QED) is 0.858. The standard InChI is InChI=1S/C14H20N4/c1-2-13(11-17-7-4-15-5-8-17)10-14(3-1)18-9-6-16-12-18/h1-3,10,12,15H,4-9,11H2. The molecule has 0 aromatic heterocycles. The topological polar surface area (TPSA) is 30.9 Å². The van der Waals surface area contributed by atoms with Crippen LogP contribution in [0.25, 0.3) is 0 Å². The highest BCUT2D eigenvalue weighted by molar-refractivity contribution is 5.81. The molecular formula is C14H20N4. The highest BCUT2D eigenvalue weighted by Crippen LogP contribution is 2.18. The first-order chi connectivity index (χ1) is 8.92. The highest BCUT2D eigenvalue weighted by atomic mass is 15.2. The lowest BCUT2D eigenvalue weighted by Crippen LogP contribution is -2.42. The SMILES string of the molecule is C1=NCCN1c1cccc(CN2CCNCC2)c1. The van der Waals surface area contributed by atoms with Gasteiger partial charge in [-0.25, -0.2) is 0 Å². The number of benzene rings is 1. The third-order valence-electron chi connectivity index (χ3n) is 3.55. The molecule has 3 rings (SSSR count). The minimum absolute atomic E-state index is 0.919. The van der Waals surface area contributed by atoms with Crippen molar-refractivity contribution in [1.82, 2.24) is 10.2 Å². The second kappa shape index (κ2) is 5.50. The minimum atomic E-state index is 0.919. The van der Waals surface area contributed by atoms with Crippen molar-refractivity contribution in [2.45, 2.75) is 6.54 Å². The van der Waals surface area contributed by atoms with Gasteiger partial charge in [0.1, 0.15) is 0 Å². The van der Waals surface area contributed by atoms with Gasteiger partial charge in [-0.3, -0.25) is 9.89 Å². The molecule has 1 fully saturated rings. The van der Waals surface area contributed by atoms with E-state index < -0.39 is 0 Å². The summed E-state index contributed by atoms with van der Waals surface area (Å²) in [6, 6.07) is 8.83. The summed E-state index contributed by atoms with van der Waals surface area (Å²) in [5.74, 6) is 0. The molecule has 0 saturated carbocycles. The van der Waals surface area contributed by atoms with Gasteiger partial charge in [-0.1, -0.05) is 12.1 Å². The second-order valence-corrected chi connectivity index (χ2v) is 4.91.